The number of amides is 1. The van der Waals surface area contributed by atoms with E-state index in [0.29, 0.717) is 25.6 Å². The normalized spacial score (nSPS) is 15.0. The second-order valence-corrected chi connectivity index (χ2v) is 5.70. The summed E-state index contributed by atoms with van der Waals surface area (Å²) in [5.41, 5.74) is 0.133. The summed E-state index contributed by atoms with van der Waals surface area (Å²) in [6.07, 6.45) is 0. The van der Waals surface area contributed by atoms with Crippen LogP contribution in [0.5, 0.6) is 5.75 Å². The topological polar surface area (TPSA) is 127 Å². The van der Waals surface area contributed by atoms with Crippen LogP contribution in [0.3, 0.4) is 0 Å². The van der Waals surface area contributed by atoms with Crippen LogP contribution in [0, 0.1) is 0 Å². The molecule has 0 aliphatic carbocycles. The van der Waals surface area contributed by atoms with Crippen molar-refractivity contribution in [1.82, 2.24) is 10.9 Å². The fourth-order valence-electron chi connectivity index (χ4n) is 1.70. The average molecular weight is 319 g/mol. The molecule has 0 unspecified atom stereocenters. The highest BCUT2D eigenvalue weighted by Gasteiger charge is 2.32. The monoisotopic (exact) mass is 319 g/mol. The lowest BCUT2D eigenvalue weighted by atomic mass is 10.2. The maximum atomic E-state index is 11.6. The number of ether oxygens (including phenoxy) is 3. The first-order chi connectivity index (χ1) is 9.54. The largest absolute Gasteiger partial charge is 0.491 e. The third kappa shape index (κ3) is 4.14. The minimum atomic E-state index is -3.75. The van der Waals surface area contributed by atoms with Crippen LogP contribution in [0.1, 0.15) is 10.4 Å². The fraction of sp³-hybridized carbons (Fsp3) is 0.417. The van der Waals surface area contributed by atoms with Gasteiger partial charge in [0, 0.05) is 13.2 Å². The Morgan fingerprint density at radius 2 is 1.86 bits per heavy atom. The van der Waals surface area contributed by atoms with E-state index in [1.165, 1.54) is 12.1 Å². The molecule has 118 valence electrons. The molecule has 2 rings (SSSR count). The number of quaternary nitrogens is 1. The molecule has 1 aliphatic heterocycles. The molecule has 21 heavy (non-hydrogen) atoms. The summed E-state index contributed by atoms with van der Waals surface area (Å²) >= 11 is 0. The number of nitrogens with one attached hydrogen (secondary N) is 1. The molecule has 1 aromatic rings. The van der Waals surface area contributed by atoms with Crippen molar-refractivity contribution in [3.8, 4) is 5.75 Å². The van der Waals surface area contributed by atoms with Crippen LogP contribution < -0.4 is 15.6 Å². The van der Waals surface area contributed by atoms with Gasteiger partial charge in [0.25, 0.3) is 15.9 Å². The van der Waals surface area contributed by atoms with Gasteiger partial charge in [0.1, 0.15) is 17.3 Å². The van der Waals surface area contributed by atoms with Crippen molar-refractivity contribution in [1.29, 1.82) is 0 Å². The lowest BCUT2D eigenvalue weighted by Crippen LogP contribution is -2.20. The van der Waals surface area contributed by atoms with Gasteiger partial charge in [-0.05, 0) is 12.1 Å². The van der Waals surface area contributed by atoms with E-state index in [1.807, 2.05) is 4.72 Å². The van der Waals surface area contributed by atoms with Gasteiger partial charge in [0.05, 0.1) is 25.4 Å². The van der Waals surface area contributed by atoms with Crippen molar-refractivity contribution >= 4 is 15.9 Å². The van der Waals surface area contributed by atoms with Gasteiger partial charge in [-0.1, -0.05) is 0 Å². The quantitative estimate of drug-likeness (QED) is 0.706. The molecular formula is C12H19N2O6S+. The second-order valence-electron chi connectivity index (χ2n) is 4.05. The van der Waals surface area contributed by atoms with E-state index in [-0.39, 0.29) is 23.2 Å². The van der Waals surface area contributed by atoms with E-state index in [4.69, 9.17) is 14.2 Å². The lowest BCUT2D eigenvalue weighted by Gasteiger charge is -2.07. The molecule has 0 spiro atoms. The predicted molar refractivity (Wildman–Crippen MR) is 75.3 cm³/mol. The summed E-state index contributed by atoms with van der Waals surface area (Å²) < 4.78 is 40.6. The molecule has 1 amide bonds. The highest BCUT2D eigenvalue weighted by Crippen LogP contribution is 2.26. The first-order valence-electron chi connectivity index (χ1n) is 5.95. The molecule has 8 nitrogen and oxygen atoms in total. The van der Waals surface area contributed by atoms with Crippen molar-refractivity contribution in [3.05, 3.63) is 23.8 Å². The van der Waals surface area contributed by atoms with Crippen molar-refractivity contribution in [2.24, 2.45) is 0 Å². The molecule has 0 saturated carbocycles. The van der Waals surface area contributed by atoms with Gasteiger partial charge < -0.3 is 20.4 Å². The van der Waals surface area contributed by atoms with Crippen LogP contribution in [0.2, 0.25) is 0 Å². The summed E-state index contributed by atoms with van der Waals surface area (Å²) in [5, 5.41) is 0. The molecular weight excluding hydrogens is 300 g/mol. The highest BCUT2D eigenvalue weighted by molar-refractivity contribution is 7.90. The molecule has 9 heteroatoms. The number of hydrogen-bond acceptors (Lipinski definition) is 6. The number of fused-ring (bicyclic) bond motifs is 1. The number of hydrogen-bond donors (Lipinski definition) is 2. The van der Waals surface area contributed by atoms with Crippen molar-refractivity contribution < 1.29 is 27.4 Å². The van der Waals surface area contributed by atoms with E-state index < -0.39 is 15.9 Å². The Kier molecular flexibility index (Phi) is 6.09. The summed E-state index contributed by atoms with van der Waals surface area (Å²) in [5.74, 6) is -0.242. The molecule has 1 heterocycles. The first-order valence-corrected chi connectivity index (χ1v) is 7.43. The molecule has 1 aromatic carbocycles. The smallest absolute Gasteiger partial charge is 0.266 e. The van der Waals surface area contributed by atoms with Gasteiger partial charge in [-0.15, -0.1) is 0 Å². The average Bonchev–Trinajstić information content (AvgIpc) is 2.64. The van der Waals surface area contributed by atoms with Crippen LogP contribution in [-0.4, -0.2) is 47.9 Å². The number of sulfonamides is 1. The molecule has 5 N–H and O–H groups in total. The summed E-state index contributed by atoms with van der Waals surface area (Å²) in [6.45, 7) is 1.62. The number of benzene rings is 1. The van der Waals surface area contributed by atoms with Gasteiger partial charge >= 0.3 is 0 Å². The van der Waals surface area contributed by atoms with E-state index in [9.17, 15) is 13.2 Å². The Labute approximate surface area is 123 Å². The van der Waals surface area contributed by atoms with Crippen LogP contribution >= 0.6 is 0 Å². The molecule has 0 saturated heterocycles. The van der Waals surface area contributed by atoms with Gasteiger partial charge in [-0.25, -0.2) is 13.1 Å². The minimum Gasteiger partial charge on any atom is -0.491 e. The SMILES string of the molecule is COCCOCCOc1ccc2c(c1)S(=O)(=O)NC2=O.[NH4+]. The zero-order chi connectivity index (χ0) is 14.6. The minimum absolute atomic E-state index is 0. The van der Waals surface area contributed by atoms with Gasteiger partial charge in [-0.3, -0.25) is 4.79 Å². The summed E-state index contributed by atoms with van der Waals surface area (Å²) in [7, 11) is -2.16. The van der Waals surface area contributed by atoms with E-state index >= 15 is 0 Å². The zero-order valence-corrected chi connectivity index (χ0v) is 12.7. The van der Waals surface area contributed by atoms with Gasteiger partial charge in [0.15, 0.2) is 0 Å². The van der Waals surface area contributed by atoms with Crippen molar-refractivity contribution in [2.75, 3.05) is 33.5 Å². The molecule has 0 aromatic heterocycles. The van der Waals surface area contributed by atoms with E-state index in [2.05, 4.69) is 0 Å². The molecule has 0 radical (unpaired) electrons. The van der Waals surface area contributed by atoms with Crippen LogP contribution in [0.4, 0.5) is 0 Å². The van der Waals surface area contributed by atoms with E-state index in [1.54, 1.807) is 13.2 Å². The summed E-state index contributed by atoms with van der Waals surface area (Å²) in [6, 6.07) is 4.31. The Balaban J connectivity index is 0.00000220. The zero-order valence-electron chi connectivity index (χ0n) is 11.9. The Hall–Kier alpha value is -1.68. The Morgan fingerprint density at radius 3 is 2.57 bits per heavy atom. The van der Waals surface area contributed by atoms with Crippen molar-refractivity contribution in [2.45, 2.75) is 4.90 Å². The van der Waals surface area contributed by atoms with Gasteiger partial charge in [0.2, 0.25) is 0 Å². The predicted octanol–water partition coefficient (Wildman–Crippen LogP) is 0.537. The number of rotatable bonds is 7. The Morgan fingerprint density at radius 1 is 1.14 bits per heavy atom. The third-order valence-electron chi connectivity index (χ3n) is 2.64. The third-order valence-corrected chi connectivity index (χ3v) is 4.01. The number of methoxy groups -OCH3 is 1. The number of carbonyl (C=O) groups is 1. The highest BCUT2D eigenvalue weighted by atomic mass is 32.2. The maximum Gasteiger partial charge on any atom is 0.266 e. The van der Waals surface area contributed by atoms with Crippen LogP contribution in [0.15, 0.2) is 23.1 Å². The molecule has 1 aliphatic rings. The summed E-state index contributed by atoms with van der Waals surface area (Å²) in [4.78, 5) is 11.3. The van der Waals surface area contributed by atoms with Crippen molar-refractivity contribution in [3.63, 3.8) is 0 Å². The maximum absolute atomic E-state index is 11.6. The number of carbonyl (C=O) groups excluding carboxylic acids is 1. The van der Waals surface area contributed by atoms with Crippen LogP contribution in [-0.2, 0) is 19.5 Å². The Bertz CT molecular complexity index is 602. The lowest BCUT2D eigenvalue weighted by molar-refractivity contribution is 0.0544. The van der Waals surface area contributed by atoms with Gasteiger partial charge in [-0.2, -0.15) is 0 Å². The standard InChI is InChI=1S/C12H15NO6S.H3N/c1-17-4-5-18-6-7-19-9-2-3-10-11(8-9)20(15,16)13-12(10)14;/h2-3,8H,4-7H2,1H3,(H,13,14);1H3/p+1. The van der Waals surface area contributed by atoms with Crippen LogP contribution in [0.25, 0.3) is 0 Å². The molecule has 0 fully saturated rings. The molecule has 0 atom stereocenters. The fourth-order valence-corrected chi connectivity index (χ4v) is 2.88. The second kappa shape index (κ2) is 7.36. The molecule has 0 bridgehead atoms. The first kappa shape index (κ1) is 17.4. The van der Waals surface area contributed by atoms with E-state index in [0.717, 1.165) is 0 Å².